The summed E-state index contributed by atoms with van der Waals surface area (Å²) < 4.78 is 11.3. The number of likely N-dealkylation sites (N-methyl/N-ethyl adjacent to an activating group) is 1. The van der Waals surface area contributed by atoms with E-state index in [2.05, 4.69) is 16.8 Å². The highest BCUT2D eigenvalue weighted by Crippen LogP contribution is 2.29. The molecule has 0 unspecified atom stereocenters. The first kappa shape index (κ1) is 26.0. The lowest BCUT2D eigenvalue weighted by Gasteiger charge is -2.38. The number of nitrogens with zero attached hydrogens (tertiary/aromatic N) is 3. The summed E-state index contributed by atoms with van der Waals surface area (Å²) in [6.45, 7) is 4.74. The topological polar surface area (TPSA) is 92.2 Å². The van der Waals surface area contributed by atoms with E-state index in [0.29, 0.717) is 24.2 Å². The number of amides is 2. The molecule has 0 aromatic carbocycles. The molecule has 1 aromatic rings. The molecule has 186 valence electrons. The largest absolute Gasteiger partial charge is 0.472 e. The summed E-state index contributed by atoms with van der Waals surface area (Å²) in [6, 6.07) is 1.31. The molecule has 3 atom stereocenters. The maximum absolute atomic E-state index is 13.4. The summed E-state index contributed by atoms with van der Waals surface area (Å²) in [5.74, 6) is 5.96. The van der Waals surface area contributed by atoms with Crippen molar-refractivity contribution in [3.05, 3.63) is 23.4 Å². The van der Waals surface area contributed by atoms with Crippen LogP contribution in [-0.2, 0) is 9.53 Å². The molecule has 0 saturated heterocycles. The average molecular weight is 472 g/mol. The molecule has 1 saturated carbocycles. The number of ether oxygens (including phenoxy) is 2. The van der Waals surface area contributed by atoms with Crippen LogP contribution < -0.4 is 4.74 Å². The number of rotatable bonds is 6. The first-order chi connectivity index (χ1) is 16.3. The molecule has 34 heavy (non-hydrogen) atoms. The van der Waals surface area contributed by atoms with Crippen LogP contribution in [0.15, 0.2) is 12.3 Å². The van der Waals surface area contributed by atoms with Crippen LogP contribution in [0.25, 0.3) is 0 Å². The number of aliphatic hydroxyl groups excluding tert-OH is 1. The summed E-state index contributed by atoms with van der Waals surface area (Å²) in [4.78, 5) is 34.3. The minimum Gasteiger partial charge on any atom is -0.472 e. The monoisotopic (exact) mass is 471 g/mol. The van der Waals surface area contributed by atoms with Crippen LogP contribution >= 0.6 is 0 Å². The highest BCUT2D eigenvalue weighted by atomic mass is 16.5. The third kappa shape index (κ3) is 6.28. The number of carbonyl (C=O) groups excluding carboxylic acids is 2. The SMILES string of the molecule is COCC#Cc1cnc2c(c1)C(=O)N([C@H](C)CO)C[C@@H](C)[C@@H](CN(C)C(=O)C1CCCCC1)O2. The normalized spacial score (nSPS) is 21.9. The van der Waals surface area contributed by atoms with Gasteiger partial charge in [-0.25, -0.2) is 4.98 Å². The van der Waals surface area contributed by atoms with E-state index >= 15 is 0 Å². The molecule has 1 aromatic heterocycles. The molecule has 1 N–H and O–H groups in total. The Hall–Kier alpha value is -2.63. The Bertz CT molecular complexity index is 919. The van der Waals surface area contributed by atoms with Gasteiger partial charge in [0.15, 0.2) is 0 Å². The Labute approximate surface area is 202 Å². The maximum atomic E-state index is 13.4. The zero-order valence-corrected chi connectivity index (χ0v) is 20.7. The van der Waals surface area contributed by atoms with Crippen molar-refractivity contribution in [3.63, 3.8) is 0 Å². The van der Waals surface area contributed by atoms with E-state index in [4.69, 9.17) is 9.47 Å². The van der Waals surface area contributed by atoms with Crippen LogP contribution in [0.3, 0.4) is 0 Å². The maximum Gasteiger partial charge on any atom is 0.259 e. The van der Waals surface area contributed by atoms with E-state index in [-0.39, 0.29) is 54.9 Å². The molecule has 1 aliphatic heterocycles. The third-order valence-corrected chi connectivity index (χ3v) is 6.75. The van der Waals surface area contributed by atoms with Gasteiger partial charge in [-0.2, -0.15) is 0 Å². The van der Waals surface area contributed by atoms with Gasteiger partial charge in [-0.1, -0.05) is 38.0 Å². The number of fused-ring (bicyclic) bond motifs is 1. The van der Waals surface area contributed by atoms with E-state index in [9.17, 15) is 14.7 Å². The third-order valence-electron chi connectivity index (χ3n) is 6.75. The van der Waals surface area contributed by atoms with Crippen molar-refractivity contribution in [2.75, 3.05) is 40.5 Å². The fourth-order valence-electron chi connectivity index (χ4n) is 4.62. The van der Waals surface area contributed by atoms with Crippen molar-refractivity contribution in [3.8, 4) is 17.7 Å². The second-order valence-corrected chi connectivity index (χ2v) is 9.49. The zero-order valence-electron chi connectivity index (χ0n) is 20.7. The zero-order chi connectivity index (χ0) is 24.7. The fourth-order valence-corrected chi connectivity index (χ4v) is 4.62. The van der Waals surface area contributed by atoms with Gasteiger partial charge in [-0.3, -0.25) is 9.59 Å². The minimum absolute atomic E-state index is 0.0734. The Morgan fingerprint density at radius 1 is 1.38 bits per heavy atom. The number of hydrogen-bond acceptors (Lipinski definition) is 6. The Morgan fingerprint density at radius 3 is 2.79 bits per heavy atom. The van der Waals surface area contributed by atoms with Crippen molar-refractivity contribution >= 4 is 11.8 Å². The van der Waals surface area contributed by atoms with Crippen molar-refractivity contribution in [1.29, 1.82) is 0 Å². The predicted molar refractivity (Wildman–Crippen MR) is 128 cm³/mol. The van der Waals surface area contributed by atoms with E-state index in [1.807, 2.05) is 20.9 Å². The molecule has 2 heterocycles. The van der Waals surface area contributed by atoms with Gasteiger partial charge < -0.3 is 24.4 Å². The molecule has 0 radical (unpaired) electrons. The van der Waals surface area contributed by atoms with Gasteiger partial charge in [0.05, 0.1) is 19.2 Å². The second-order valence-electron chi connectivity index (χ2n) is 9.49. The molecule has 0 spiro atoms. The highest BCUT2D eigenvalue weighted by molar-refractivity contribution is 5.97. The Morgan fingerprint density at radius 2 is 2.12 bits per heavy atom. The summed E-state index contributed by atoms with van der Waals surface area (Å²) in [5, 5.41) is 9.80. The van der Waals surface area contributed by atoms with Gasteiger partial charge >= 0.3 is 0 Å². The Kier molecular flexibility index (Phi) is 9.31. The molecule has 1 fully saturated rings. The number of aromatic nitrogens is 1. The predicted octanol–water partition coefficient (Wildman–Crippen LogP) is 2.34. The molecular weight excluding hydrogens is 434 g/mol. The summed E-state index contributed by atoms with van der Waals surface area (Å²) in [6.07, 6.45) is 6.51. The van der Waals surface area contributed by atoms with Gasteiger partial charge in [0, 0.05) is 44.3 Å². The lowest BCUT2D eigenvalue weighted by molar-refractivity contribution is -0.136. The van der Waals surface area contributed by atoms with Crippen LogP contribution in [0.4, 0.5) is 0 Å². The highest BCUT2D eigenvalue weighted by Gasteiger charge is 2.35. The first-order valence-electron chi connectivity index (χ1n) is 12.2. The lowest BCUT2D eigenvalue weighted by atomic mass is 9.88. The van der Waals surface area contributed by atoms with Crippen molar-refractivity contribution in [1.82, 2.24) is 14.8 Å². The molecular formula is C26H37N3O5. The lowest BCUT2D eigenvalue weighted by Crippen LogP contribution is -2.51. The number of aliphatic hydroxyl groups is 1. The second kappa shape index (κ2) is 12.2. The summed E-state index contributed by atoms with van der Waals surface area (Å²) >= 11 is 0. The number of carbonyl (C=O) groups is 2. The minimum atomic E-state index is -0.369. The molecule has 2 amide bonds. The smallest absolute Gasteiger partial charge is 0.259 e. The molecule has 3 rings (SSSR count). The van der Waals surface area contributed by atoms with Crippen molar-refractivity contribution in [2.45, 2.75) is 58.1 Å². The standard InChI is InChI=1S/C26H37N3O5/c1-18-15-29(19(2)17-30)26(32)22-13-20(9-8-12-33-4)14-27-24(22)34-23(18)16-28(3)25(31)21-10-6-5-7-11-21/h13-14,18-19,21,23,30H,5-7,10-12,15-17H2,1-4H3/t18-,19-,23-/m1/s1. The fraction of sp³-hybridized carbons (Fsp3) is 0.654. The van der Waals surface area contributed by atoms with Crippen LogP contribution in [-0.4, -0.2) is 84.3 Å². The molecule has 0 bridgehead atoms. The van der Waals surface area contributed by atoms with Gasteiger partial charge in [-0.15, -0.1) is 0 Å². The van der Waals surface area contributed by atoms with Crippen molar-refractivity contribution in [2.24, 2.45) is 11.8 Å². The summed E-state index contributed by atoms with van der Waals surface area (Å²) in [7, 11) is 3.39. The number of methoxy groups -OCH3 is 1. The van der Waals surface area contributed by atoms with Gasteiger partial charge in [0.1, 0.15) is 18.3 Å². The number of pyridine rings is 1. The Balaban J connectivity index is 1.88. The summed E-state index contributed by atoms with van der Waals surface area (Å²) in [5.41, 5.74) is 0.891. The van der Waals surface area contributed by atoms with Crippen LogP contribution in [0.5, 0.6) is 5.88 Å². The van der Waals surface area contributed by atoms with Crippen LogP contribution in [0.1, 0.15) is 61.9 Å². The quantitative estimate of drug-likeness (QED) is 0.641. The van der Waals surface area contributed by atoms with Gasteiger partial charge in [0.2, 0.25) is 11.8 Å². The molecule has 8 nitrogen and oxygen atoms in total. The van der Waals surface area contributed by atoms with E-state index < -0.39 is 0 Å². The van der Waals surface area contributed by atoms with E-state index in [1.165, 1.54) is 6.42 Å². The van der Waals surface area contributed by atoms with E-state index in [1.54, 1.807) is 29.2 Å². The molecule has 2 aliphatic rings. The molecule has 8 heteroatoms. The van der Waals surface area contributed by atoms with E-state index in [0.717, 1.165) is 25.7 Å². The van der Waals surface area contributed by atoms with Gasteiger partial charge in [0.25, 0.3) is 5.91 Å². The van der Waals surface area contributed by atoms with Crippen LogP contribution in [0, 0.1) is 23.7 Å². The number of hydrogen-bond donors (Lipinski definition) is 1. The van der Waals surface area contributed by atoms with Gasteiger partial charge in [-0.05, 0) is 25.8 Å². The molecule has 1 aliphatic carbocycles. The first-order valence-corrected chi connectivity index (χ1v) is 12.2. The van der Waals surface area contributed by atoms with Crippen LogP contribution in [0.2, 0.25) is 0 Å². The average Bonchev–Trinajstić information content (AvgIpc) is 2.86. The van der Waals surface area contributed by atoms with Crippen molar-refractivity contribution < 1.29 is 24.2 Å².